The monoisotopic (exact) mass is 258 g/mol. The number of carbonyl (C=O) groups is 1. The van der Waals surface area contributed by atoms with Crippen molar-refractivity contribution in [3.63, 3.8) is 0 Å². The van der Waals surface area contributed by atoms with Gasteiger partial charge in [-0.25, -0.2) is 0 Å². The average molecular weight is 259 g/mol. The van der Waals surface area contributed by atoms with Crippen LogP contribution in [0.5, 0.6) is 0 Å². The summed E-state index contributed by atoms with van der Waals surface area (Å²) in [4.78, 5) is 11.4. The van der Waals surface area contributed by atoms with E-state index >= 15 is 0 Å². The van der Waals surface area contributed by atoms with E-state index < -0.39 is 0 Å². The molecule has 0 fully saturated rings. The van der Waals surface area contributed by atoms with E-state index in [1.807, 2.05) is 0 Å². The molecule has 0 saturated carbocycles. The second kappa shape index (κ2) is 4.97. The van der Waals surface area contributed by atoms with Gasteiger partial charge in [-0.15, -0.1) is 0 Å². The third-order valence-corrected chi connectivity index (χ3v) is 2.29. The van der Waals surface area contributed by atoms with Gasteiger partial charge in [0.2, 0.25) is 0 Å². The van der Waals surface area contributed by atoms with Gasteiger partial charge in [-0.05, 0) is 34.1 Å². The molecule has 4 nitrogen and oxygen atoms in total. The molecular weight excluding hydrogens is 248 g/mol. The van der Waals surface area contributed by atoms with Crippen molar-refractivity contribution in [1.29, 1.82) is 0 Å². The van der Waals surface area contributed by atoms with E-state index in [1.54, 1.807) is 18.2 Å². The normalized spacial score (nSPS) is 9.86. The van der Waals surface area contributed by atoms with Gasteiger partial charge in [-0.1, -0.05) is 0 Å². The molecule has 76 valence electrons. The summed E-state index contributed by atoms with van der Waals surface area (Å²) in [5, 5.41) is 11.1. The number of benzene rings is 1. The number of nitrogen functional groups attached to an aromatic ring is 1. The van der Waals surface area contributed by atoms with Crippen LogP contribution in [-0.2, 0) is 0 Å². The van der Waals surface area contributed by atoms with E-state index in [4.69, 9.17) is 10.8 Å². The number of halogens is 1. The predicted molar refractivity (Wildman–Crippen MR) is 58.0 cm³/mol. The summed E-state index contributed by atoms with van der Waals surface area (Å²) in [5.41, 5.74) is 6.63. The molecule has 5 heteroatoms. The molecule has 0 aliphatic carbocycles. The SMILES string of the molecule is Nc1ccc(C(=O)NCCO)c(Br)c1. The van der Waals surface area contributed by atoms with Gasteiger partial charge >= 0.3 is 0 Å². The number of carbonyl (C=O) groups excluding carboxylic acids is 1. The van der Waals surface area contributed by atoms with Crippen molar-refractivity contribution in [2.75, 3.05) is 18.9 Å². The Morgan fingerprint density at radius 3 is 2.86 bits per heavy atom. The molecule has 1 aromatic rings. The number of amides is 1. The molecule has 1 amide bonds. The van der Waals surface area contributed by atoms with Crippen LogP contribution in [0.1, 0.15) is 10.4 Å². The first-order chi connectivity index (χ1) is 6.65. The van der Waals surface area contributed by atoms with Crippen molar-refractivity contribution in [3.05, 3.63) is 28.2 Å². The highest BCUT2D eigenvalue weighted by Gasteiger charge is 2.08. The van der Waals surface area contributed by atoms with Crippen molar-refractivity contribution in [3.8, 4) is 0 Å². The summed E-state index contributed by atoms with van der Waals surface area (Å²) in [6.45, 7) is 0.175. The molecule has 0 atom stereocenters. The minimum Gasteiger partial charge on any atom is -0.399 e. The van der Waals surface area contributed by atoms with Gasteiger partial charge in [0, 0.05) is 16.7 Å². The summed E-state index contributed by atoms with van der Waals surface area (Å²) in [7, 11) is 0. The highest BCUT2D eigenvalue weighted by atomic mass is 79.9. The maximum absolute atomic E-state index is 11.4. The van der Waals surface area contributed by atoms with Gasteiger partial charge < -0.3 is 16.2 Å². The molecule has 0 bridgehead atoms. The van der Waals surface area contributed by atoms with Crippen LogP contribution in [0.25, 0.3) is 0 Å². The summed E-state index contributed by atoms with van der Waals surface area (Å²) in [5.74, 6) is -0.231. The van der Waals surface area contributed by atoms with Gasteiger partial charge in [0.15, 0.2) is 0 Å². The summed E-state index contributed by atoms with van der Waals surface area (Å²) < 4.78 is 0.646. The first-order valence-corrected chi connectivity index (χ1v) is 4.88. The van der Waals surface area contributed by atoms with Crippen molar-refractivity contribution in [2.45, 2.75) is 0 Å². The molecular formula is C9H11BrN2O2. The number of nitrogens with one attached hydrogen (secondary N) is 1. The average Bonchev–Trinajstić information content (AvgIpc) is 2.14. The van der Waals surface area contributed by atoms with Crippen LogP contribution in [0.3, 0.4) is 0 Å². The zero-order chi connectivity index (χ0) is 10.6. The lowest BCUT2D eigenvalue weighted by atomic mass is 10.2. The molecule has 0 saturated heterocycles. The Kier molecular flexibility index (Phi) is 3.91. The Hall–Kier alpha value is -1.07. The number of aliphatic hydroxyl groups is 1. The van der Waals surface area contributed by atoms with Gasteiger partial charge in [-0.2, -0.15) is 0 Å². The summed E-state index contributed by atoms with van der Waals surface area (Å²) in [6.07, 6.45) is 0. The standard InChI is InChI=1S/C9H11BrN2O2/c10-8-5-6(11)1-2-7(8)9(14)12-3-4-13/h1-2,5,13H,3-4,11H2,(H,12,14). The van der Waals surface area contributed by atoms with Crippen LogP contribution in [-0.4, -0.2) is 24.2 Å². The molecule has 0 aromatic heterocycles. The van der Waals surface area contributed by atoms with Gasteiger partial charge in [0.1, 0.15) is 0 Å². The second-order valence-electron chi connectivity index (χ2n) is 2.72. The fourth-order valence-electron chi connectivity index (χ4n) is 0.980. The Bertz CT molecular complexity index is 342. The zero-order valence-electron chi connectivity index (χ0n) is 7.46. The number of nitrogens with two attached hydrogens (primary N) is 1. The first kappa shape index (κ1) is 11.0. The van der Waals surface area contributed by atoms with Crippen LogP contribution in [0.2, 0.25) is 0 Å². The molecule has 1 rings (SSSR count). The molecule has 0 aliphatic rings. The zero-order valence-corrected chi connectivity index (χ0v) is 9.04. The topological polar surface area (TPSA) is 75.4 Å². The van der Waals surface area contributed by atoms with E-state index in [0.717, 1.165) is 0 Å². The van der Waals surface area contributed by atoms with Crippen LogP contribution >= 0.6 is 15.9 Å². The lowest BCUT2D eigenvalue weighted by Gasteiger charge is -2.05. The first-order valence-electron chi connectivity index (χ1n) is 4.09. The van der Waals surface area contributed by atoms with Crippen molar-refractivity contribution in [2.24, 2.45) is 0 Å². The Morgan fingerprint density at radius 2 is 2.29 bits per heavy atom. The van der Waals surface area contributed by atoms with Gasteiger partial charge in [-0.3, -0.25) is 4.79 Å². The smallest absolute Gasteiger partial charge is 0.252 e. The van der Waals surface area contributed by atoms with Crippen LogP contribution in [0.4, 0.5) is 5.69 Å². The molecule has 0 heterocycles. The second-order valence-corrected chi connectivity index (χ2v) is 3.57. The summed E-state index contributed by atoms with van der Waals surface area (Å²) >= 11 is 3.24. The van der Waals surface area contributed by atoms with Crippen molar-refractivity contribution in [1.82, 2.24) is 5.32 Å². The van der Waals surface area contributed by atoms with Crippen molar-refractivity contribution < 1.29 is 9.90 Å². The molecule has 0 aliphatic heterocycles. The van der Waals surface area contributed by atoms with E-state index in [-0.39, 0.29) is 19.1 Å². The molecule has 0 radical (unpaired) electrons. The number of anilines is 1. The Balaban J connectivity index is 2.80. The van der Waals surface area contributed by atoms with Crippen molar-refractivity contribution >= 4 is 27.5 Å². The van der Waals surface area contributed by atoms with E-state index in [0.29, 0.717) is 15.7 Å². The maximum Gasteiger partial charge on any atom is 0.252 e. The number of rotatable bonds is 3. The Morgan fingerprint density at radius 1 is 1.57 bits per heavy atom. The van der Waals surface area contributed by atoms with Gasteiger partial charge in [0.25, 0.3) is 5.91 Å². The van der Waals surface area contributed by atoms with E-state index in [2.05, 4.69) is 21.2 Å². The largest absolute Gasteiger partial charge is 0.399 e. The minimum atomic E-state index is -0.231. The fraction of sp³-hybridized carbons (Fsp3) is 0.222. The van der Waals surface area contributed by atoms with E-state index in [1.165, 1.54) is 0 Å². The summed E-state index contributed by atoms with van der Waals surface area (Å²) in [6, 6.07) is 4.94. The molecule has 0 unspecified atom stereocenters. The molecule has 1 aromatic carbocycles. The third kappa shape index (κ3) is 2.71. The third-order valence-electron chi connectivity index (χ3n) is 1.64. The lowest BCUT2D eigenvalue weighted by molar-refractivity contribution is 0.0944. The molecule has 4 N–H and O–H groups in total. The van der Waals surface area contributed by atoms with E-state index in [9.17, 15) is 4.79 Å². The number of aliphatic hydroxyl groups excluding tert-OH is 1. The fourth-order valence-corrected chi connectivity index (χ4v) is 1.56. The molecule has 14 heavy (non-hydrogen) atoms. The Labute approximate surface area is 90.2 Å². The number of hydrogen-bond acceptors (Lipinski definition) is 3. The van der Waals surface area contributed by atoms with Crippen LogP contribution in [0, 0.1) is 0 Å². The van der Waals surface area contributed by atoms with Gasteiger partial charge in [0.05, 0.1) is 12.2 Å². The highest BCUT2D eigenvalue weighted by Crippen LogP contribution is 2.19. The quantitative estimate of drug-likeness (QED) is 0.701. The predicted octanol–water partition coefficient (Wildman–Crippen LogP) is 0.753. The maximum atomic E-state index is 11.4. The van der Waals surface area contributed by atoms with Crippen LogP contribution < -0.4 is 11.1 Å². The minimum absolute atomic E-state index is 0.0711. The van der Waals surface area contributed by atoms with Crippen LogP contribution in [0.15, 0.2) is 22.7 Å². The molecule has 0 spiro atoms. The lowest BCUT2D eigenvalue weighted by Crippen LogP contribution is -2.26. The highest BCUT2D eigenvalue weighted by molar-refractivity contribution is 9.10. The number of hydrogen-bond donors (Lipinski definition) is 3.